The molecule has 0 nitrogen and oxygen atoms in total. The first-order valence-corrected chi connectivity index (χ1v) is 11.8. The SMILES string of the molecule is CC.CC/C(C)=C(\c1cc(F)c(SC)cc1[C@H](C)C/C=C(/C)Cl)C(C)CC. The predicted octanol–water partition coefficient (Wildman–Crippen LogP) is 9.44. The monoisotopic (exact) mass is 412 g/mol. The topological polar surface area (TPSA) is 0 Å². The third-order valence-corrected chi connectivity index (χ3v) is 5.90. The van der Waals surface area contributed by atoms with E-state index < -0.39 is 0 Å². The molecular weight excluding hydrogens is 375 g/mol. The van der Waals surface area contributed by atoms with Crippen LogP contribution in [0.5, 0.6) is 0 Å². The summed E-state index contributed by atoms with van der Waals surface area (Å²) in [5.41, 5.74) is 4.97. The Morgan fingerprint density at radius 2 is 1.78 bits per heavy atom. The largest absolute Gasteiger partial charge is 0.206 e. The van der Waals surface area contributed by atoms with Crippen molar-refractivity contribution in [2.75, 3.05) is 6.26 Å². The van der Waals surface area contributed by atoms with E-state index >= 15 is 0 Å². The molecule has 0 fully saturated rings. The number of hydrogen-bond donors (Lipinski definition) is 0. The Morgan fingerprint density at radius 1 is 1.19 bits per heavy atom. The van der Waals surface area contributed by atoms with Crippen LogP contribution in [0.25, 0.3) is 5.57 Å². The molecule has 3 heteroatoms. The van der Waals surface area contributed by atoms with Crippen molar-refractivity contribution in [2.24, 2.45) is 5.92 Å². The van der Waals surface area contributed by atoms with E-state index in [0.717, 1.165) is 34.8 Å². The van der Waals surface area contributed by atoms with Gasteiger partial charge in [0.2, 0.25) is 0 Å². The van der Waals surface area contributed by atoms with Crippen molar-refractivity contribution in [3.05, 3.63) is 45.8 Å². The molecule has 27 heavy (non-hydrogen) atoms. The Labute approximate surface area is 176 Å². The Bertz CT molecular complexity index is 642. The molecule has 0 saturated carbocycles. The van der Waals surface area contributed by atoms with Gasteiger partial charge in [-0.05, 0) is 80.0 Å². The highest BCUT2D eigenvalue weighted by Crippen LogP contribution is 2.39. The molecule has 0 amide bonds. The van der Waals surface area contributed by atoms with Gasteiger partial charge in [0.25, 0.3) is 0 Å². The number of allylic oxidation sites excluding steroid dienone is 4. The number of thioether (sulfide) groups is 1. The lowest BCUT2D eigenvalue weighted by atomic mass is 9.81. The van der Waals surface area contributed by atoms with E-state index in [9.17, 15) is 4.39 Å². The normalized spacial score (nSPS) is 14.9. The Morgan fingerprint density at radius 3 is 2.22 bits per heavy atom. The highest BCUT2D eigenvalue weighted by atomic mass is 35.5. The van der Waals surface area contributed by atoms with Gasteiger partial charge in [-0.1, -0.05) is 64.8 Å². The van der Waals surface area contributed by atoms with Gasteiger partial charge in [-0.3, -0.25) is 0 Å². The molecular formula is C24H38ClFS. The third kappa shape index (κ3) is 7.66. The summed E-state index contributed by atoms with van der Waals surface area (Å²) in [6.45, 7) is 16.9. The fraction of sp³-hybridized carbons (Fsp3) is 0.583. The molecule has 0 aliphatic rings. The lowest BCUT2D eigenvalue weighted by molar-refractivity contribution is 0.597. The maximum atomic E-state index is 14.6. The molecule has 0 aliphatic carbocycles. The zero-order chi connectivity index (χ0) is 21.1. The highest BCUT2D eigenvalue weighted by Gasteiger charge is 2.21. The van der Waals surface area contributed by atoms with Crippen molar-refractivity contribution in [1.29, 1.82) is 0 Å². The average Bonchev–Trinajstić information content (AvgIpc) is 2.67. The van der Waals surface area contributed by atoms with E-state index in [2.05, 4.69) is 40.7 Å². The van der Waals surface area contributed by atoms with Crippen molar-refractivity contribution in [3.8, 4) is 0 Å². The van der Waals surface area contributed by atoms with Gasteiger partial charge in [0, 0.05) is 9.93 Å². The van der Waals surface area contributed by atoms with Crippen LogP contribution in [0.4, 0.5) is 4.39 Å². The third-order valence-electron chi connectivity index (χ3n) is 4.99. The fourth-order valence-electron chi connectivity index (χ4n) is 3.14. The van der Waals surface area contributed by atoms with E-state index in [1.807, 2.05) is 33.1 Å². The minimum atomic E-state index is -0.118. The van der Waals surface area contributed by atoms with Gasteiger partial charge in [-0.15, -0.1) is 11.8 Å². The van der Waals surface area contributed by atoms with Crippen LogP contribution < -0.4 is 0 Å². The maximum Gasteiger partial charge on any atom is 0.137 e. The second-order valence-electron chi connectivity index (χ2n) is 6.86. The van der Waals surface area contributed by atoms with Gasteiger partial charge in [0.15, 0.2) is 0 Å². The van der Waals surface area contributed by atoms with Crippen molar-refractivity contribution < 1.29 is 4.39 Å². The molecule has 0 heterocycles. The van der Waals surface area contributed by atoms with Gasteiger partial charge in [0.05, 0.1) is 0 Å². The van der Waals surface area contributed by atoms with Gasteiger partial charge in [-0.25, -0.2) is 4.39 Å². The molecule has 0 bridgehead atoms. The van der Waals surface area contributed by atoms with E-state index in [1.165, 1.54) is 28.5 Å². The molecule has 154 valence electrons. The van der Waals surface area contributed by atoms with Crippen LogP contribution in [-0.4, -0.2) is 6.26 Å². The summed E-state index contributed by atoms with van der Waals surface area (Å²) >= 11 is 7.50. The summed E-state index contributed by atoms with van der Waals surface area (Å²) in [5, 5.41) is 0.808. The predicted molar refractivity (Wildman–Crippen MR) is 125 cm³/mol. The standard InChI is InChI=1S/C22H32ClFS.C2H6/c1-8-14(3)22(15(4)9-2)19-12-20(24)21(25-7)13-18(19)16(5)10-11-17(6)23;1-2/h11-14,16H,8-10H2,1-7H3;1-2H3/b17-11-,22-15-;/t14?,16-;/m1./s1. The second kappa shape index (κ2) is 13.4. The molecule has 1 aromatic carbocycles. The summed E-state index contributed by atoms with van der Waals surface area (Å²) in [6, 6.07) is 3.80. The van der Waals surface area contributed by atoms with Gasteiger partial charge >= 0.3 is 0 Å². The average molecular weight is 413 g/mol. The van der Waals surface area contributed by atoms with Crippen LogP contribution in [0.1, 0.15) is 91.7 Å². The molecule has 0 radical (unpaired) electrons. The van der Waals surface area contributed by atoms with Crippen molar-refractivity contribution in [2.45, 2.75) is 85.5 Å². The summed E-state index contributed by atoms with van der Waals surface area (Å²) in [4.78, 5) is 0.717. The quantitative estimate of drug-likeness (QED) is 0.383. The van der Waals surface area contributed by atoms with E-state index in [0.29, 0.717) is 11.8 Å². The summed E-state index contributed by atoms with van der Waals surface area (Å²) in [6.07, 6.45) is 6.88. The van der Waals surface area contributed by atoms with Gasteiger partial charge < -0.3 is 0 Å². The van der Waals surface area contributed by atoms with Crippen molar-refractivity contribution in [1.82, 2.24) is 0 Å². The number of halogens is 2. The lowest BCUT2D eigenvalue weighted by Gasteiger charge is -2.24. The van der Waals surface area contributed by atoms with E-state index in [1.54, 1.807) is 6.07 Å². The summed E-state index contributed by atoms with van der Waals surface area (Å²) in [7, 11) is 0. The van der Waals surface area contributed by atoms with E-state index in [4.69, 9.17) is 11.6 Å². The zero-order valence-electron chi connectivity index (χ0n) is 18.7. The zero-order valence-corrected chi connectivity index (χ0v) is 20.2. The van der Waals surface area contributed by atoms with Crippen LogP contribution in [0.3, 0.4) is 0 Å². The molecule has 0 N–H and O–H groups in total. The first-order chi connectivity index (χ1) is 12.8. The first kappa shape index (κ1) is 26.3. The Hall–Kier alpha value is -0.730. The maximum absolute atomic E-state index is 14.6. The second-order valence-corrected chi connectivity index (χ2v) is 8.30. The molecule has 1 rings (SSSR count). The summed E-state index contributed by atoms with van der Waals surface area (Å²) in [5.74, 6) is 0.585. The van der Waals surface area contributed by atoms with E-state index in [-0.39, 0.29) is 5.82 Å². The van der Waals surface area contributed by atoms with Crippen molar-refractivity contribution >= 4 is 28.9 Å². The number of rotatable bonds is 8. The van der Waals surface area contributed by atoms with Gasteiger partial charge in [-0.2, -0.15) is 0 Å². The summed E-state index contributed by atoms with van der Waals surface area (Å²) < 4.78 is 14.6. The van der Waals surface area contributed by atoms with Crippen molar-refractivity contribution in [3.63, 3.8) is 0 Å². The van der Waals surface area contributed by atoms with Gasteiger partial charge in [0.1, 0.15) is 5.82 Å². The lowest BCUT2D eigenvalue weighted by Crippen LogP contribution is -2.07. The highest BCUT2D eigenvalue weighted by molar-refractivity contribution is 7.98. The molecule has 0 aliphatic heterocycles. The van der Waals surface area contributed by atoms with Crippen LogP contribution in [0.15, 0.2) is 33.7 Å². The molecule has 1 aromatic rings. The smallest absolute Gasteiger partial charge is 0.137 e. The fourth-order valence-corrected chi connectivity index (χ4v) is 3.73. The van der Waals surface area contributed by atoms with Crippen LogP contribution >= 0.6 is 23.4 Å². The molecule has 2 atom stereocenters. The van der Waals surface area contributed by atoms with Crippen LogP contribution in [0.2, 0.25) is 0 Å². The Kier molecular flexibility index (Phi) is 13.1. The first-order valence-electron chi connectivity index (χ1n) is 10.2. The molecule has 1 unspecified atom stereocenters. The molecule has 0 spiro atoms. The Balaban J connectivity index is 0.00000326. The number of benzene rings is 1. The molecule has 0 aromatic heterocycles. The minimum absolute atomic E-state index is 0.118. The van der Waals surface area contributed by atoms with Crippen LogP contribution in [0, 0.1) is 11.7 Å². The van der Waals surface area contributed by atoms with Crippen LogP contribution in [-0.2, 0) is 0 Å². The number of hydrogen-bond acceptors (Lipinski definition) is 1. The molecule has 0 saturated heterocycles. The minimum Gasteiger partial charge on any atom is -0.206 e.